The summed E-state index contributed by atoms with van der Waals surface area (Å²) in [7, 11) is 3.21. The number of imidazole rings is 1. The van der Waals surface area contributed by atoms with Crippen LogP contribution in [-0.4, -0.2) is 51.5 Å². The number of nitrogens with zero attached hydrogens (tertiary/aromatic N) is 6. The van der Waals surface area contributed by atoms with E-state index in [0.29, 0.717) is 30.5 Å². The summed E-state index contributed by atoms with van der Waals surface area (Å²) in [5.41, 5.74) is 6.00. The van der Waals surface area contributed by atoms with Crippen molar-refractivity contribution in [3.05, 3.63) is 77.9 Å². The van der Waals surface area contributed by atoms with Crippen LogP contribution in [0.1, 0.15) is 16.7 Å². The van der Waals surface area contributed by atoms with Crippen LogP contribution in [0.3, 0.4) is 0 Å². The van der Waals surface area contributed by atoms with Gasteiger partial charge in [0.15, 0.2) is 11.5 Å². The van der Waals surface area contributed by atoms with Crippen LogP contribution in [0, 0.1) is 6.92 Å². The molecule has 2 aromatic heterocycles. The molecule has 1 N–H and O–H groups in total. The Morgan fingerprint density at radius 3 is 2.68 bits per heavy atom. The average Bonchev–Trinajstić information content (AvgIpc) is 3.39. The van der Waals surface area contributed by atoms with Crippen molar-refractivity contribution < 1.29 is 14.2 Å². The van der Waals surface area contributed by atoms with Crippen LogP contribution in [0.5, 0.6) is 17.5 Å². The van der Waals surface area contributed by atoms with Crippen LogP contribution in [0.2, 0.25) is 0 Å². The van der Waals surface area contributed by atoms with Crippen LogP contribution in [0.4, 0.5) is 5.95 Å². The fourth-order valence-corrected chi connectivity index (χ4v) is 3.16. The first kappa shape index (κ1) is 22.7. The Balaban J connectivity index is 1.47. The topological polar surface area (TPSA) is 109 Å². The molecule has 0 aliphatic rings. The second-order valence-corrected chi connectivity index (χ2v) is 7.28. The van der Waals surface area contributed by atoms with Crippen molar-refractivity contribution in [2.24, 2.45) is 5.10 Å². The van der Waals surface area contributed by atoms with Gasteiger partial charge in [0, 0.05) is 18.8 Å². The highest BCUT2D eigenvalue weighted by Gasteiger charge is 2.10. The lowest BCUT2D eigenvalue weighted by molar-refractivity contribution is 0.295. The molecule has 0 saturated carbocycles. The minimum absolute atomic E-state index is 0.174. The minimum Gasteiger partial charge on any atom is -0.493 e. The molecule has 0 spiro atoms. The maximum atomic E-state index is 5.84. The molecule has 0 saturated heterocycles. The zero-order valence-corrected chi connectivity index (χ0v) is 19.2. The van der Waals surface area contributed by atoms with Gasteiger partial charge >= 0.3 is 6.01 Å². The van der Waals surface area contributed by atoms with Crippen LogP contribution in [0.15, 0.2) is 66.3 Å². The largest absolute Gasteiger partial charge is 0.493 e. The van der Waals surface area contributed by atoms with Gasteiger partial charge in [-0.3, -0.25) is 4.57 Å². The molecule has 0 aliphatic carbocycles. The first-order valence-electron chi connectivity index (χ1n) is 10.6. The molecule has 0 aliphatic heterocycles. The van der Waals surface area contributed by atoms with Crippen LogP contribution in [-0.2, 0) is 6.42 Å². The molecular formula is C24H25N7O3. The zero-order chi connectivity index (χ0) is 23.8. The van der Waals surface area contributed by atoms with E-state index in [0.717, 1.165) is 16.7 Å². The van der Waals surface area contributed by atoms with Gasteiger partial charge in [0.1, 0.15) is 6.33 Å². The van der Waals surface area contributed by atoms with Crippen molar-refractivity contribution >= 4 is 12.2 Å². The smallest absolute Gasteiger partial charge is 0.323 e. The molecule has 0 amide bonds. The van der Waals surface area contributed by atoms with Gasteiger partial charge < -0.3 is 14.2 Å². The number of methoxy groups -OCH3 is 2. The molecule has 174 valence electrons. The van der Waals surface area contributed by atoms with Crippen molar-refractivity contribution in [2.75, 3.05) is 26.3 Å². The molecule has 0 bridgehead atoms. The van der Waals surface area contributed by atoms with E-state index in [1.807, 2.05) is 49.4 Å². The predicted molar refractivity (Wildman–Crippen MR) is 128 cm³/mol. The van der Waals surface area contributed by atoms with Gasteiger partial charge in [0.2, 0.25) is 5.95 Å². The Labute approximate surface area is 197 Å². The predicted octanol–water partition coefficient (Wildman–Crippen LogP) is 3.45. The Bertz CT molecular complexity index is 1260. The van der Waals surface area contributed by atoms with E-state index < -0.39 is 0 Å². The average molecular weight is 460 g/mol. The van der Waals surface area contributed by atoms with Crippen molar-refractivity contribution in [1.82, 2.24) is 24.5 Å². The van der Waals surface area contributed by atoms with E-state index in [-0.39, 0.29) is 12.0 Å². The first-order chi connectivity index (χ1) is 16.6. The van der Waals surface area contributed by atoms with Gasteiger partial charge in [-0.2, -0.15) is 20.1 Å². The summed E-state index contributed by atoms with van der Waals surface area (Å²) in [6, 6.07) is 13.9. The fraction of sp³-hybridized carbons (Fsp3) is 0.208. The molecule has 4 rings (SSSR count). The summed E-state index contributed by atoms with van der Waals surface area (Å²) in [6.45, 7) is 2.38. The lowest BCUT2D eigenvalue weighted by Crippen LogP contribution is -2.10. The van der Waals surface area contributed by atoms with Gasteiger partial charge in [-0.1, -0.05) is 35.9 Å². The third-order valence-electron chi connectivity index (χ3n) is 4.83. The summed E-state index contributed by atoms with van der Waals surface area (Å²) < 4.78 is 18.1. The Kier molecular flexibility index (Phi) is 7.28. The normalized spacial score (nSPS) is 10.9. The number of rotatable bonds is 10. The molecule has 10 nitrogen and oxygen atoms in total. The van der Waals surface area contributed by atoms with Gasteiger partial charge in [-0.05, 0) is 30.2 Å². The SMILES string of the molecule is COc1ccc(CCOc2nc(NN=Cc3cccc(C)c3)nc(-n3ccnc3)n2)cc1OC. The number of benzene rings is 2. The molecular weight excluding hydrogens is 434 g/mol. The number of hydrogen-bond donors (Lipinski definition) is 1. The van der Waals surface area contributed by atoms with Gasteiger partial charge in [0.05, 0.1) is 27.0 Å². The van der Waals surface area contributed by atoms with E-state index >= 15 is 0 Å². The summed E-state index contributed by atoms with van der Waals surface area (Å²) in [5, 5.41) is 4.25. The molecule has 10 heteroatoms. The summed E-state index contributed by atoms with van der Waals surface area (Å²) in [4.78, 5) is 17.2. The van der Waals surface area contributed by atoms with Crippen molar-refractivity contribution in [3.63, 3.8) is 0 Å². The third-order valence-corrected chi connectivity index (χ3v) is 4.83. The van der Waals surface area contributed by atoms with Crippen molar-refractivity contribution in [1.29, 1.82) is 0 Å². The maximum Gasteiger partial charge on any atom is 0.323 e. The highest BCUT2D eigenvalue weighted by Crippen LogP contribution is 2.27. The van der Waals surface area contributed by atoms with Gasteiger partial charge in [-0.15, -0.1) is 0 Å². The zero-order valence-electron chi connectivity index (χ0n) is 19.2. The number of hydrogen-bond acceptors (Lipinski definition) is 9. The molecule has 2 heterocycles. The number of nitrogens with one attached hydrogen (secondary N) is 1. The Morgan fingerprint density at radius 2 is 1.91 bits per heavy atom. The maximum absolute atomic E-state index is 5.84. The lowest BCUT2D eigenvalue weighted by atomic mass is 10.1. The van der Waals surface area contributed by atoms with E-state index in [4.69, 9.17) is 14.2 Å². The molecule has 0 atom stereocenters. The minimum atomic E-state index is 0.174. The molecule has 0 unspecified atom stereocenters. The highest BCUT2D eigenvalue weighted by molar-refractivity contribution is 5.80. The number of aryl methyl sites for hydroxylation is 1. The second kappa shape index (κ2) is 10.9. The monoisotopic (exact) mass is 459 g/mol. The summed E-state index contributed by atoms with van der Waals surface area (Å²) in [5.74, 6) is 1.96. The van der Waals surface area contributed by atoms with E-state index in [1.165, 1.54) is 0 Å². The second-order valence-electron chi connectivity index (χ2n) is 7.28. The van der Waals surface area contributed by atoms with Gasteiger partial charge in [0.25, 0.3) is 5.95 Å². The highest BCUT2D eigenvalue weighted by atomic mass is 16.5. The number of aromatic nitrogens is 5. The molecule has 4 aromatic rings. The van der Waals surface area contributed by atoms with Gasteiger partial charge in [-0.25, -0.2) is 10.4 Å². The third kappa shape index (κ3) is 5.85. The Hall–Kier alpha value is -4.47. The number of anilines is 1. The van der Waals surface area contributed by atoms with E-state index in [2.05, 4.69) is 30.5 Å². The molecule has 0 fully saturated rings. The molecule has 34 heavy (non-hydrogen) atoms. The lowest BCUT2D eigenvalue weighted by Gasteiger charge is -2.10. The summed E-state index contributed by atoms with van der Waals surface area (Å²) >= 11 is 0. The molecule has 2 aromatic carbocycles. The molecule has 0 radical (unpaired) electrons. The number of ether oxygens (including phenoxy) is 3. The Morgan fingerprint density at radius 1 is 1.03 bits per heavy atom. The van der Waals surface area contributed by atoms with Crippen molar-refractivity contribution in [2.45, 2.75) is 13.3 Å². The van der Waals surface area contributed by atoms with E-state index in [1.54, 1.807) is 43.7 Å². The quantitative estimate of drug-likeness (QED) is 0.284. The number of hydrazone groups is 1. The van der Waals surface area contributed by atoms with Crippen LogP contribution in [0.25, 0.3) is 5.95 Å². The van der Waals surface area contributed by atoms with E-state index in [9.17, 15) is 0 Å². The summed E-state index contributed by atoms with van der Waals surface area (Å²) in [6.07, 6.45) is 7.31. The van der Waals surface area contributed by atoms with Crippen LogP contribution < -0.4 is 19.6 Å². The fourth-order valence-electron chi connectivity index (χ4n) is 3.16. The standard InChI is InChI=1S/C24H25N7O3/c1-17-5-4-6-19(13-17)15-26-30-22-27-23(31-11-10-25-16-31)29-24(28-22)34-12-9-18-7-8-20(32-2)21(14-18)33-3/h4-8,10-11,13-16H,9,12H2,1-3H3,(H,27,28,29,30). The van der Waals surface area contributed by atoms with Crippen LogP contribution >= 0.6 is 0 Å². The van der Waals surface area contributed by atoms with Crippen molar-refractivity contribution in [3.8, 4) is 23.5 Å². The first-order valence-corrected chi connectivity index (χ1v) is 10.6.